The molecule has 3 heterocycles. The van der Waals surface area contributed by atoms with E-state index in [1.807, 2.05) is 127 Å². The Bertz CT molecular complexity index is 10300. The second-order valence-corrected chi connectivity index (χ2v) is 29.3. The average Bonchev–Trinajstić information content (AvgIpc) is 1.52. The summed E-state index contributed by atoms with van der Waals surface area (Å²) in [5.74, 6) is 0. The zero-order valence-electron chi connectivity index (χ0n) is 98.5. The third-order valence-corrected chi connectivity index (χ3v) is 22.4. The van der Waals surface area contributed by atoms with Gasteiger partial charge in [0.05, 0.1) is 46.6 Å². The molecule has 0 amide bonds. The minimum absolute atomic E-state index is 0.0211. The quantitative estimate of drug-likeness (QED) is 0.128. The molecule has 0 fully saturated rings. The molecule has 0 saturated carbocycles. The van der Waals surface area contributed by atoms with Crippen molar-refractivity contribution < 1.29 is 59.9 Å². The van der Waals surface area contributed by atoms with Gasteiger partial charge in [-0.1, -0.05) is 400 Å². The van der Waals surface area contributed by atoms with Gasteiger partial charge in [0.15, 0.2) is 0 Å². The Hall–Kier alpha value is -16.2. The summed E-state index contributed by atoms with van der Waals surface area (Å²) in [6.07, 6.45) is 0. The highest BCUT2D eigenvalue weighted by molar-refractivity contribution is 6.25. The minimum Gasteiger partial charge on any atom is -0.456 e. The first kappa shape index (κ1) is 45.1. The van der Waals surface area contributed by atoms with Crippen molar-refractivity contribution in [2.45, 2.75) is 0 Å². The Labute approximate surface area is 758 Å². The predicted octanol–water partition coefficient (Wildman–Crippen LogP) is 34.3. The molecule has 25 aromatic rings. The number of fused-ring (bicyclic) bond motifs is 15. The fraction of sp³-hybridized carbons (Fsp3) is 0. The monoisotopic (exact) mass is 1600 g/mol. The molecule has 0 saturated heterocycles. The molecule has 0 bridgehead atoms. The maximum Gasteiger partial charge on any atom is 0.136 e. The molecule has 0 aliphatic rings. The number of rotatable bonds is 10. The van der Waals surface area contributed by atoms with Crippen LogP contribution in [0.2, 0.25) is 0 Å². The lowest BCUT2D eigenvalue weighted by molar-refractivity contribution is 0.668. The van der Waals surface area contributed by atoms with Gasteiger partial charge in [0.2, 0.25) is 0 Å². The lowest BCUT2D eigenvalue weighted by Gasteiger charge is -2.18. The standard InChI is InChI=1S/C44H28O.2C38H24O/c1-3-11-29(12-4-1)34-23-25-35-40-27-33(24-26-41(40)45-42(35)28-34)30-19-21-32(22-20-30)44-38-17-9-7-15-36(38)43(31-13-5-2-6-14-31)37-16-8-10-18-39(37)44;2*1-2-10-26(11-3-1)37-30-13-4-6-15-32(30)38(33-16-7-5-14-31(33)37)27-20-18-25(19-21-27)28-22-23-36-34(24-28)29-12-8-9-17-35(29)39-36/h1-28H;2*1-24H/i7D,8D,9D,10D,15D,16D,17D,18D;1D,2D,3D,4D,5D,6D,7D,8D,9D,10D,11D,12D,13D,14D,15D,16D,17D,22D,23D;18D,19D,20D,21D,22D,23D,24D. The summed E-state index contributed by atoms with van der Waals surface area (Å²) in [5.41, 5.74) is 9.75. The van der Waals surface area contributed by atoms with Crippen LogP contribution in [-0.2, 0) is 0 Å². The van der Waals surface area contributed by atoms with Crippen molar-refractivity contribution >= 4 is 130 Å². The van der Waals surface area contributed by atoms with Crippen molar-refractivity contribution in [1.82, 2.24) is 0 Å². The summed E-state index contributed by atoms with van der Waals surface area (Å²) in [6.45, 7) is 0. The topological polar surface area (TPSA) is 39.4 Å². The zero-order valence-corrected chi connectivity index (χ0v) is 64.5. The number of hydrogen-bond donors (Lipinski definition) is 0. The van der Waals surface area contributed by atoms with Crippen LogP contribution in [0.4, 0.5) is 0 Å². The van der Waals surface area contributed by atoms with Crippen molar-refractivity contribution in [2.24, 2.45) is 0 Å². The zero-order chi connectivity index (χ0) is 111. The number of para-hydroxylation sites is 2. The summed E-state index contributed by atoms with van der Waals surface area (Å²) in [4.78, 5) is 0. The van der Waals surface area contributed by atoms with E-state index in [-0.39, 0.29) is 177 Å². The fourth-order valence-corrected chi connectivity index (χ4v) is 16.8. The van der Waals surface area contributed by atoms with Crippen molar-refractivity contribution in [3.63, 3.8) is 0 Å². The van der Waals surface area contributed by atoms with Crippen LogP contribution in [0.25, 0.3) is 242 Å². The molecule has 22 aromatic carbocycles. The Morgan fingerprint density at radius 2 is 0.423 bits per heavy atom. The molecule has 0 spiro atoms. The van der Waals surface area contributed by atoms with E-state index >= 15 is 0 Å². The Morgan fingerprint density at radius 3 is 0.951 bits per heavy atom. The van der Waals surface area contributed by atoms with Gasteiger partial charge in [-0.2, -0.15) is 0 Å². The van der Waals surface area contributed by atoms with Crippen molar-refractivity contribution in [2.75, 3.05) is 0 Å². The molecule has 0 atom stereocenters. The summed E-state index contributed by atoms with van der Waals surface area (Å²) in [6, 6.07) is 62.2. The van der Waals surface area contributed by atoms with Gasteiger partial charge in [0, 0.05) is 32.3 Å². The SMILES string of the molecule is [2H]c1c([2H])c(-c2c3ccccc3c(-c3ccccc3)c3ccccc23)c([2H])c([2H])c1-c1c([2H])c([2H])c2oc3ccccc3c2c1[2H].[2H]c1c([2H])c([2H])c(-c2c3c([2H])c([2H])c([2H])c([2H])c3c(-c3ccc(-c4cc5c(oc6c([2H])c([2H])c([2H])c([2H])c65)c([2H])c4[2H])cc3)c3c([2H])c([2H])c([2H])c([2H])c23)c([2H])c1[2H].[2H]c1c([2H])c([2H])c2c(-c3ccc(-c4ccc5oc6cc(-c7ccccc7)ccc6c5c4)cc3)c3c([2H])c([2H])c([2H])c([2H])c3c(-c3ccccc3)c2c1[2H]. The highest BCUT2D eigenvalue weighted by Crippen LogP contribution is 2.49. The Balaban J connectivity index is 0.000000128. The first-order valence-electron chi connectivity index (χ1n) is 56.4. The first-order valence-corrected chi connectivity index (χ1v) is 39.4. The van der Waals surface area contributed by atoms with Crippen LogP contribution < -0.4 is 0 Å². The average molecular weight is 1600 g/mol. The van der Waals surface area contributed by atoms with E-state index in [0.717, 1.165) is 76.9 Å². The van der Waals surface area contributed by atoms with Crippen LogP contribution in [0.15, 0.2) is 473 Å². The van der Waals surface area contributed by atoms with E-state index in [4.69, 9.17) is 54.4 Å². The first-order chi connectivity index (χ1) is 75.2. The maximum atomic E-state index is 9.31. The van der Waals surface area contributed by atoms with Crippen molar-refractivity contribution in [1.29, 1.82) is 0 Å². The van der Waals surface area contributed by atoms with Crippen LogP contribution in [0.3, 0.4) is 0 Å². The molecule has 0 radical (unpaired) electrons. The van der Waals surface area contributed by atoms with Crippen LogP contribution in [-0.4, -0.2) is 0 Å². The van der Waals surface area contributed by atoms with Gasteiger partial charge in [0.25, 0.3) is 0 Å². The van der Waals surface area contributed by atoms with Gasteiger partial charge < -0.3 is 13.3 Å². The van der Waals surface area contributed by atoms with Crippen LogP contribution in [0.5, 0.6) is 0 Å². The molecule has 123 heavy (non-hydrogen) atoms. The molecular weight excluding hydrogens is 1490 g/mol. The van der Waals surface area contributed by atoms with Gasteiger partial charge in [-0.25, -0.2) is 0 Å². The minimum atomic E-state index is -0.773. The predicted molar refractivity (Wildman–Crippen MR) is 521 cm³/mol. The molecule has 0 unspecified atom stereocenters. The number of benzene rings is 22. The molecule has 3 heteroatoms. The molecule has 3 aromatic heterocycles. The van der Waals surface area contributed by atoms with Gasteiger partial charge in [-0.15, -0.1) is 0 Å². The van der Waals surface area contributed by atoms with E-state index in [1.54, 1.807) is 48.5 Å². The largest absolute Gasteiger partial charge is 0.456 e. The van der Waals surface area contributed by atoms with E-state index in [2.05, 4.69) is 48.5 Å². The van der Waals surface area contributed by atoms with Crippen LogP contribution >= 0.6 is 0 Å². The van der Waals surface area contributed by atoms with E-state index in [0.29, 0.717) is 49.7 Å². The van der Waals surface area contributed by atoms with Crippen molar-refractivity contribution in [3.8, 4) is 111 Å². The Kier molecular flexibility index (Phi) is 11.2. The highest BCUT2D eigenvalue weighted by Gasteiger charge is 2.22. The molecule has 0 aliphatic heterocycles. The van der Waals surface area contributed by atoms with Gasteiger partial charge in [-0.05, 0) is 236 Å². The maximum absolute atomic E-state index is 9.31. The van der Waals surface area contributed by atoms with E-state index < -0.39 is 144 Å². The van der Waals surface area contributed by atoms with Crippen LogP contribution in [0, 0.1) is 0 Å². The summed E-state index contributed by atoms with van der Waals surface area (Å²) in [7, 11) is 0. The number of furan rings is 3. The van der Waals surface area contributed by atoms with E-state index in [1.165, 1.54) is 30.3 Å². The molecule has 3 nitrogen and oxygen atoms in total. The fourth-order valence-electron chi connectivity index (χ4n) is 16.8. The summed E-state index contributed by atoms with van der Waals surface area (Å²) < 4.78 is 316. The van der Waals surface area contributed by atoms with Crippen LogP contribution in [0.1, 0.15) is 46.6 Å². The summed E-state index contributed by atoms with van der Waals surface area (Å²) >= 11 is 0. The molecule has 0 aliphatic carbocycles. The lowest BCUT2D eigenvalue weighted by atomic mass is 9.86. The van der Waals surface area contributed by atoms with Crippen molar-refractivity contribution in [3.05, 3.63) is 460 Å². The van der Waals surface area contributed by atoms with E-state index in [9.17, 15) is 5.48 Å². The summed E-state index contributed by atoms with van der Waals surface area (Å²) in [5, 5.41) is 6.03. The van der Waals surface area contributed by atoms with Gasteiger partial charge in [-0.3, -0.25) is 0 Å². The highest BCUT2D eigenvalue weighted by atomic mass is 16.3. The second kappa shape index (κ2) is 30.6. The third kappa shape index (κ3) is 12.9. The second-order valence-electron chi connectivity index (χ2n) is 29.3. The number of hydrogen-bond acceptors (Lipinski definition) is 3. The van der Waals surface area contributed by atoms with Gasteiger partial charge in [0.1, 0.15) is 33.5 Å². The lowest BCUT2D eigenvalue weighted by Crippen LogP contribution is -1.90. The Morgan fingerprint density at radius 1 is 0.130 bits per heavy atom. The smallest absolute Gasteiger partial charge is 0.136 e. The molecule has 25 rings (SSSR count). The molecule has 574 valence electrons. The van der Waals surface area contributed by atoms with Gasteiger partial charge >= 0.3 is 0 Å². The molecular formula is C120H76O3. The third-order valence-electron chi connectivity index (χ3n) is 22.4. The normalized spacial score (nSPS) is 15.4. The molecule has 0 N–H and O–H groups in total.